The fourth-order valence-corrected chi connectivity index (χ4v) is 2.09. The summed E-state index contributed by atoms with van der Waals surface area (Å²) in [7, 11) is 0. The van der Waals surface area contributed by atoms with Crippen molar-refractivity contribution in [2.75, 3.05) is 13.1 Å². The van der Waals surface area contributed by atoms with Crippen molar-refractivity contribution >= 4 is 6.09 Å². The van der Waals surface area contributed by atoms with Crippen molar-refractivity contribution in [1.29, 1.82) is 0 Å². The monoisotopic (exact) mass is 296 g/mol. The lowest BCUT2D eigenvalue weighted by Crippen LogP contribution is -2.37. The first kappa shape index (κ1) is 15.6. The molecule has 2 unspecified atom stereocenters. The number of nitrogens with zero attached hydrogens (tertiary/aromatic N) is 1. The zero-order chi connectivity index (χ0) is 15.6. The lowest BCUT2D eigenvalue weighted by molar-refractivity contribution is 0.0275. The van der Waals surface area contributed by atoms with E-state index in [1.165, 1.54) is 29.2 Å². The quantitative estimate of drug-likeness (QED) is 0.908. The number of nitrogens with two attached hydrogens (primary N) is 1. The molecule has 0 aliphatic carbocycles. The molecule has 1 aromatic carbocycles. The van der Waals surface area contributed by atoms with Crippen molar-refractivity contribution in [3.63, 3.8) is 0 Å². The molecule has 21 heavy (non-hydrogen) atoms. The first-order chi connectivity index (χ1) is 9.74. The van der Waals surface area contributed by atoms with Crippen LogP contribution < -0.4 is 10.5 Å². The molecule has 1 aliphatic heterocycles. The van der Waals surface area contributed by atoms with E-state index in [0.29, 0.717) is 18.8 Å². The molecule has 1 heterocycles. The molecule has 1 saturated heterocycles. The highest BCUT2D eigenvalue weighted by atomic mass is 19.1. The highest BCUT2D eigenvalue weighted by Gasteiger charge is 2.36. The van der Waals surface area contributed by atoms with Crippen molar-refractivity contribution < 1.29 is 18.7 Å². The van der Waals surface area contributed by atoms with Gasteiger partial charge in [0.1, 0.15) is 23.3 Å². The van der Waals surface area contributed by atoms with Crippen LogP contribution in [0.25, 0.3) is 0 Å². The molecule has 0 saturated carbocycles. The molecule has 1 aromatic rings. The minimum absolute atomic E-state index is 0.303. The SMILES string of the molecule is CC(C)(C)OC(=O)N1CC(N)C(Oc2ccc(F)cc2)C1. The Balaban J connectivity index is 1.94. The summed E-state index contributed by atoms with van der Waals surface area (Å²) in [5.74, 6) is 0.205. The molecule has 116 valence electrons. The van der Waals surface area contributed by atoms with Crippen LogP contribution in [0.2, 0.25) is 0 Å². The topological polar surface area (TPSA) is 64.8 Å². The summed E-state index contributed by atoms with van der Waals surface area (Å²) in [6, 6.07) is 5.42. The average Bonchev–Trinajstić information content (AvgIpc) is 2.72. The van der Waals surface area contributed by atoms with Gasteiger partial charge in [0.05, 0.1) is 12.6 Å². The number of hydrogen-bond donors (Lipinski definition) is 1. The molecule has 0 aromatic heterocycles. The van der Waals surface area contributed by atoms with E-state index >= 15 is 0 Å². The number of likely N-dealkylation sites (tertiary alicyclic amines) is 1. The van der Waals surface area contributed by atoms with Gasteiger partial charge >= 0.3 is 6.09 Å². The maximum Gasteiger partial charge on any atom is 0.410 e. The fraction of sp³-hybridized carbons (Fsp3) is 0.533. The Labute approximate surface area is 123 Å². The lowest BCUT2D eigenvalue weighted by Gasteiger charge is -2.24. The van der Waals surface area contributed by atoms with Gasteiger partial charge in [-0.25, -0.2) is 9.18 Å². The smallest absolute Gasteiger partial charge is 0.410 e. The van der Waals surface area contributed by atoms with Crippen LogP contribution in [-0.4, -0.2) is 41.8 Å². The van der Waals surface area contributed by atoms with Crippen molar-refractivity contribution in [1.82, 2.24) is 4.90 Å². The molecule has 2 atom stereocenters. The van der Waals surface area contributed by atoms with Gasteiger partial charge in [-0.15, -0.1) is 0 Å². The number of carbonyl (C=O) groups is 1. The Morgan fingerprint density at radius 1 is 1.29 bits per heavy atom. The highest BCUT2D eigenvalue weighted by molar-refractivity contribution is 5.68. The van der Waals surface area contributed by atoms with Crippen LogP contribution in [-0.2, 0) is 4.74 Å². The Morgan fingerprint density at radius 3 is 2.48 bits per heavy atom. The summed E-state index contributed by atoms with van der Waals surface area (Å²) in [5.41, 5.74) is 5.46. The van der Waals surface area contributed by atoms with Gasteiger partial charge in [-0.2, -0.15) is 0 Å². The second-order valence-corrected chi connectivity index (χ2v) is 6.16. The standard InChI is InChI=1S/C15H21FN2O3/c1-15(2,3)21-14(19)18-8-12(17)13(9-18)20-11-6-4-10(16)5-7-11/h4-7,12-13H,8-9,17H2,1-3H3. The third kappa shape index (κ3) is 4.32. The summed E-state index contributed by atoms with van der Waals surface area (Å²) in [6.45, 7) is 6.17. The zero-order valence-corrected chi connectivity index (χ0v) is 12.5. The molecular weight excluding hydrogens is 275 g/mol. The number of benzene rings is 1. The molecule has 0 radical (unpaired) electrons. The number of carbonyl (C=O) groups excluding carboxylic acids is 1. The summed E-state index contributed by atoms with van der Waals surface area (Å²) in [4.78, 5) is 13.5. The zero-order valence-electron chi connectivity index (χ0n) is 12.5. The third-order valence-electron chi connectivity index (χ3n) is 3.06. The van der Waals surface area contributed by atoms with E-state index in [1.807, 2.05) is 20.8 Å². The molecule has 0 bridgehead atoms. The number of ether oxygens (including phenoxy) is 2. The maximum atomic E-state index is 12.9. The van der Waals surface area contributed by atoms with Crippen LogP contribution in [0.5, 0.6) is 5.75 Å². The number of hydrogen-bond acceptors (Lipinski definition) is 4. The third-order valence-corrected chi connectivity index (χ3v) is 3.06. The summed E-state index contributed by atoms with van der Waals surface area (Å²) in [5, 5.41) is 0. The van der Waals surface area contributed by atoms with E-state index in [0.717, 1.165) is 0 Å². The number of halogens is 1. The normalized spacial score (nSPS) is 22.2. The van der Waals surface area contributed by atoms with E-state index in [1.54, 1.807) is 0 Å². The van der Waals surface area contributed by atoms with Crippen LogP contribution in [0, 0.1) is 5.82 Å². The first-order valence-corrected chi connectivity index (χ1v) is 6.90. The van der Waals surface area contributed by atoms with Gasteiger partial charge in [-0.1, -0.05) is 0 Å². The van der Waals surface area contributed by atoms with Crippen molar-refractivity contribution in [2.45, 2.75) is 38.5 Å². The van der Waals surface area contributed by atoms with Gasteiger partial charge < -0.3 is 20.1 Å². The second kappa shape index (κ2) is 5.89. The average molecular weight is 296 g/mol. The molecule has 1 fully saturated rings. The summed E-state index contributed by atoms with van der Waals surface area (Å²) in [6.07, 6.45) is -0.730. The van der Waals surface area contributed by atoms with Gasteiger partial charge in [0.2, 0.25) is 0 Å². The van der Waals surface area contributed by atoms with Crippen molar-refractivity contribution in [3.8, 4) is 5.75 Å². The van der Waals surface area contributed by atoms with Crippen molar-refractivity contribution in [3.05, 3.63) is 30.1 Å². The fourth-order valence-electron chi connectivity index (χ4n) is 2.09. The van der Waals surface area contributed by atoms with Gasteiger partial charge in [-0.05, 0) is 45.0 Å². The van der Waals surface area contributed by atoms with E-state index in [-0.39, 0.29) is 18.0 Å². The largest absolute Gasteiger partial charge is 0.487 e. The molecular formula is C15H21FN2O3. The Kier molecular flexibility index (Phi) is 4.37. The van der Waals surface area contributed by atoms with E-state index in [4.69, 9.17) is 15.2 Å². The Hall–Kier alpha value is -1.82. The molecule has 6 heteroatoms. The molecule has 5 nitrogen and oxygen atoms in total. The molecule has 1 aliphatic rings. The number of amides is 1. The highest BCUT2D eigenvalue weighted by Crippen LogP contribution is 2.20. The van der Waals surface area contributed by atoms with Crippen LogP contribution in [0.15, 0.2) is 24.3 Å². The van der Waals surface area contributed by atoms with Gasteiger partial charge in [0.25, 0.3) is 0 Å². The molecule has 1 amide bonds. The lowest BCUT2D eigenvalue weighted by atomic mass is 10.2. The molecule has 0 spiro atoms. The summed E-state index contributed by atoms with van der Waals surface area (Å²) < 4.78 is 23.9. The van der Waals surface area contributed by atoms with Gasteiger partial charge in [0.15, 0.2) is 0 Å². The van der Waals surface area contributed by atoms with E-state index < -0.39 is 11.7 Å². The van der Waals surface area contributed by atoms with Crippen LogP contribution in [0.3, 0.4) is 0 Å². The minimum atomic E-state index is -0.545. The van der Waals surface area contributed by atoms with Crippen LogP contribution in [0.4, 0.5) is 9.18 Å². The second-order valence-electron chi connectivity index (χ2n) is 6.16. The van der Waals surface area contributed by atoms with Gasteiger partial charge in [0, 0.05) is 6.54 Å². The van der Waals surface area contributed by atoms with Gasteiger partial charge in [-0.3, -0.25) is 0 Å². The maximum absolute atomic E-state index is 12.9. The Morgan fingerprint density at radius 2 is 1.90 bits per heavy atom. The van der Waals surface area contributed by atoms with Crippen LogP contribution in [0.1, 0.15) is 20.8 Å². The molecule has 2 rings (SSSR count). The molecule has 2 N–H and O–H groups in total. The predicted octanol–water partition coefficient (Wildman–Crippen LogP) is 2.15. The first-order valence-electron chi connectivity index (χ1n) is 6.90. The van der Waals surface area contributed by atoms with Crippen LogP contribution >= 0.6 is 0 Å². The Bertz CT molecular complexity index is 499. The summed E-state index contributed by atoms with van der Waals surface area (Å²) >= 11 is 0. The number of rotatable bonds is 2. The van der Waals surface area contributed by atoms with E-state index in [2.05, 4.69) is 0 Å². The minimum Gasteiger partial charge on any atom is -0.487 e. The predicted molar refractivity (Wildman–Crippen MR) is 76.6 cm³/mol. The van der Waals surface area contributed by atoms with E-state index in [9.17, 15) is 9.18 Å². The van der Waals surface area contributed by atoms with Crippen molar-refractivity contribution in [2.24, 2.45) is 5.73 Å².